The first-order valence-corrected chi connectivity index (χ1v) is 22.9. The summed E-state index contributed by atoms with van der Waals surface area (Å²) in [5, 5.41) is 9.77. The van der Waals surface area contributed by atoms with E-state index in [9.17, 15) is 24.2 Å². The molecule has 0 aromatic rings. The number of hydrogen-bond donors (Lipinski definition) is 1. The number of carbonyl (C=O) groups excluding carboxylic acids is 2. The van der Waals surface area contributed by atoms with Gasteiger partial charge in [0.2, 0.25) is 0 Å². The molecule has 0 saturated carbocycles. The second kappa shape index (κ2) is 37.4. The molecule has 0 saturated heterocycles. The van der Waals surface area contributed by atoms with Gasteiger partial charge in [0.1, 0.15) is 19.8 Å². The molecule has 0 rings (SSSR count). The molecule has 1 N–H and O–H groups in total. The first-order chi connectivity index (χ1) is 27.4. The fourth-order valence-corrected chi connectivity index (χ4v) is 5.82. The normalized spacial score (nSPS) is 15.0. The van der Waals surface area contributed by atoms with Crippen molar-refractivity contribution < 1.29 is 47.2 Å². The van der Waals surface area contributed by atoms with Gasteiger partial charge < -0.3 is 33.0 Å². The van der Waals surface area contributed by atoms with Crippen LogP contribution in [-0.4, -0.2) is 81.2 Å². The van der Waals surface area contributed by atoms with E-state index in [-0.39, 0.29) is 26.1 Å². The molecule has 2 unspecified atom stereocenters. The quantitative estimate of drug-likeness (QED) is 0.0162. The van der Waals surface area contributed by atoms with Gasteiger partial charge in [0.15, 0.2) is 6.10 Å². The van der Waals surface area contributed by atoms with Crippen LogP contribution in [0.5, 0.6) is 0 Å². The van der Waals surface area contributed by atoms with Gasteiger partial charge in [-0.3, -0.25) is 14.2 Å². The summed E-state index contributed by atoms with van der Waals surface area (Å²) in [5.74, 6) is -0.953. The van der Waals surface area contributed by atoms with Gasteiger partial charge in [-0.15, -0.1) is 0 Å². The Kier molecular flexibility index (Phi) is 35.6. The van der Waals surface area contributed by atoms with Crippen LogP contribution in [0, 0.1) is 0 Å². The highest BCUT2D eigenvalue weighted by molar-refractivity contribution is 7.45. The number of aliphatic hydroxyl groups is 1. The Morgan fingerprint density at radius 3 is 1.88 bits per heavy atom. The molecule has 10 nitrogen and oxygen atoms in total. The monoisotopic (exact) mass is 820 g/mol. The van der Waals surface area contributed by atoms with E-state index in [0.717, 1.165) is 64.2 Å². The number of likely N-dealkylation sites (N-methyl/N-ethyl adjacent to an activating group) is 1. The second-order valence-electron chi connectivity index (χ2n) is 15.2. The summed E-state index contributed by atoms with van der Waals surface area (Å²) in [6.07, 6.45) is 43.8. The van der Waals surface area contributed by atoms with Crippen LogP contribution in [0.25, 0.3) is 0 Å². The van der Waals surface area contributed by atoms with Crippen LogP contribution >= 0.6 is 7.82 Å². The van der Waals surface area contributed by atoms with E-state index in [1.54, 1.807) is 0 Å². The van der Waals surface area contributed by atoms with Gasteiger partial charge in [-0.1, -0.05) is 131 Å². The first kappa shape index (κ1) is 54.2. The first-order valence-electron chi connectivity index (χ1n) is 21.4. The number of esters is 2. The molecular formula is C46H78NO9P. The Labute approximate surface area is 346 Å². The summed E-state index contributed by atoms with van der Waals surface area (Å²) < 4.78 is 33.7. The molecule has 0 radical (unpaired) electrons. The zero-order valence-corrected chi connectivity index (χ0v) is 37.0. The van der Waals surface area contributed by atoms with E-state index in [2.05, 4.69) is 43.4 Å². The Bertz CT molecular complexity index is 1260. The molecule has 0 aliphatic rings. The van der Waals surface area contributed by atoms with Gasteiger partial charge >= 0.3 is 11.9 Å². The van der Waals surface area contributed by atoms with Crippen molar-refractivity contribution in [2.24, 2.45) is 0 Å². The number of hydrogen-bond acceptors (Lipinski definition) is 9. The summed E-state index contributed by atoms with van der Waals surface area (Å²) in [7, 11) is 1.08. The van der Waals surface area contributed by atoms with E-state index < -0.39 is 38.6 Å². The topological polar surface area (TPSA) is 131 Å². The van der Waals surface area contributed by atoms with Crippen molar-refractivity contribution in [3.8, 4) is 0 Å². The van der Waals surface area contributed by atoms with Crippen molar-refractivity contribution in [2.45, 2.75) is 148 Å². The minimum Gasteiger partial charge on any atom is -0.756 e. The van der Waals surface area contributed by atoms with Gasteiger partial charge in [0.25, 0.3) is 7.82 Å². The molecule has 0 amide bonds. The summed E-state index contributed by atoms with van der Waals surface area (Å²) >= 11 is 0. The number of aliphatic hydroxyl groups excluding tert-OH is 1. The van der Waals surface area contributed by atoms with E-state index in [0.29, 0.717) is 36.7 Å². The third-order valence-electron chi connectivity index (χ3n) is 8.47. The highest BCUT2D eigenvalue weighted by Crippen LogP contribution is 2.38. The fourth-order valence-electron chi connectivity index (χ4n) is 5.09. The third-order valence-corrected chi connectivity index (χ3v) is 9.44. The maximum Gasteiger partial charge on any atom is 0.306 e. The maximum atomic E-state index is 12.7. The van der Waals surface area contributed by atoms with Crippen LogP contribution in [0.4, 0.5) is 0 Å². The van der Waals surface area contributed by atoms with Gasteiger partial charge in [0.05, 0.1) is 33.9 Å². The van der Waals surface area contributed by atoms with Crippen molar-refractivity contribution in [3.05, 3.63) is 85.1 Å². The highest BCUT2D eigenvalue weighted by Gasteiger charge is 2.21. The van der Waals surface area contributed by atoms with E-state index in [4.69, 9.17) is 18.5 Å². The number of quaternary nitrogens is 1. The number of phosphoric ester groups is 1. The number of ether oxygens (including phenoxy) is 2. The number of rotatable bonds is 37. The maximum absolute atomic E-state index is 12.7. The van der Waals surface area contributed by atoms with Gasteiger partial charge in [-0.25, -0.2) is 0 Å². The van der Waals surface area contributed by atoms with Crippen molar-refractivity contribution in [3.63, 3.8) is 0 Å². The molecule has 0 heterocycles. The molecule has 326 valence electrons. The Morgan fingerprint density at radius 2 is 1.23 bits per heavy atom. The van der Waals surface area contributed by atoms with Crippen molar-refractivity contribution >= 4 is 19.8 Å². The molecule has 0 aliphatic heterocycles. The summed E-state index contributed by atoms with van der Waals surface area (Å²) in [6.45, 7) is 3.84. The average molecular weight is 820 g/mol. The van der Waals surface area contributed by atoms with Crippen LogP contribution < -0.4 is 4.89 Å². The molecule has 0 aliphatic carbocycles. The summed E-state index contributed by atoms with van der Waals surface area (Å²) in [6, 6.07) is 0. The van der Waals surface area contributed by atoms with Crippen molar-refractivity contribution in [2.75, 3.05) is 47.5 Å². The minimum absolute atomic E-state index is 0.0543. The molecule has 0 fully saturated rings. The molecule has 3 atom stereocenters. The predicted molar refractivity (Wildman–Crippen MR) is 232 cm³/mol. The lowest BCUT2D eigenvalue weighted by molar-refractivity contribution is -0.870. The lowest BCUT2D eigenvalue weighted by atomic mass is 10.1. The fraction of sp³-hybridized carbons (Fsp3) is 0.652. The summed E-state index contributed by atoms with van der Waals surface area (Å²) in [5.41, 5.74) is 0. The Balaban J connectivity index is 4.55. The standard InChI is InChI=1S/C46H78NO9P/c1-6-8-10-11-12-13-14-15-16-17-22-25-28-31-34-38-46(50)56-44(42-55-57(51,52)54-40-39-47(3,4)5)41-53-45(49)37-33-30-27-24-21-19-18-20-23-26-29-32-36-43(48)35-9-7-2/h9,12-13,15-16,18-19,23-24,26-27,29,32,35,43-44,48H,6-8,10-11,14,17,20-22,25,28,30-31,33-34,36-42H2,1-5H3/b13-12-,16-15-,19-18-,26-23-,27-24-,32-29+,35-9-/t43?,44-/m1/s1. The number of unbranched alkanes of at least 4 members (excludes halogenated alkanes) is 9. The zero-order valence-electron chi connectivity index (χ0n) is 36.1. The molecule has 0 bridgehead atoms. The van der Waals surface area contributed by atoms with Crippen LogP contribution in [0.3, 0.4) is 0 Å². The molecule has 0 aromatic heterocycles. The molecule has 0 spiro atoms. The number of carbonyl (C=O) groups is 2. The highest BCUT2D eigenvalue weighted by atomic mass is 31.2. The third kappa shape index (κ3) is 41.1. The number of phosphoric acid groups is 1. The van der Waals surface area contributed by atoms with Crippen LogP contribution in [0.1, 0.15) is 136 Å². The van der Waals surface area contributed by atoms with Gasteiger partial charge in [0, 0.05) is 12.8 Å². The van der Waals surface area contributed by atoms with E-state index in [1.807, 2.05) is 76.7 Å². The molecule has 11 heteroatoms. The van der Waals surface area contributed by atoms with Gasteiger partial charge in [-0.05, 0) is 77.0 Å². The number of allylic oxidation sites excluding steroid dienone is 12. The molecule has 0 aromatic carbocycles. The summed E-state index contributed by atoms with van der Waals surface area (Å²) in [4.78, 5) is 37.5. The van der Waals surface area contributed by atoms with Crippen molar-refractivity contribution in [1.29, 1.82) is 0 Å². The lowest BCUT2D eigenvalue weighted by Gasteiger charge is -2.28. The second-order valence-corrected chi connectivity index (χ2v) is 16.6. The smallest absolute Gasteiger partial charge is 0.306 e. The van der Waals surface area contributed by atoms with E-state index >= 15 is 0 Å². The minimum atomic E-state index is -4.65. The van der Waals surface area contributed by atoms with Crippen molar-refractivity contribution in [1.82, 2.24) is 0 Å². The number of nitrogens with zero attached hydrogens (tertiary/aromatic N) is 1. The Morgan fingerprint density at radius 1 is 0.667 bits per heavy atom. The zero-order chi connectivity index (χ0) is 42.3. The predicted octanol–water partition coefficient (Wildman–Crippen LogP) is 10.4. The largest absolute Gasteiger partial charge is 0.756 e. The van der Waals surface area contributed by atoms with Crippen LogP contribution in [-0.2, 0) is 32.7 Å². The van der Waals surface area contributed by atoms with E-state index in [1.165, 1.54) is 19.3 Å². The Hall–Kier alpha value is -2.85. The molecular weight excluding hydrogens is 741 g/mol. The van der Waals surface area contributed by atoms with Crippen LogP contribution in [0.15, 0.2) is 85.1 Å². The SMILES string of the molecule is CC/C=C\C(O)C/C=C/C=C\C/C=C\C/C=C\CCCC(=O)OC[C@H](COP(=O)([O-])OCC[N+](C)(C)C)OC(=O)CCCCCCC/C=C\C/C=C\CCCCC. The average Bonchev–Trinajstić information content (AvgIpc) is 3.16. The molecule has 57 heavy (non-hydrogen) atoms. The van der Waals surface area contributed by atoms with Crippen LogP contribution in [0.2, 0.25) is 0 Å². The van der Waals surface area contributed by atoms with Gasteiger partial charge in [-0.2, -0.15) is 0 Å². The lowest BCUT2D eigenvalue weighted by Crippen LogP contribution is -2.37.